The highest BCUT2D eigenvalue weighted by atomic mass is 19.1. The van der Waals surface area contributed by atoms with Crippen LogP contribution < -0.4 is 15.4 Å². The lowest BCUT2D eigenvalue weighted by Crippen LogP contribution is -2.48. The van der Waals surface area contributed by atoms with E-state index in [1.54, 1.807) is 13.8 Å². The van der Waals surface area contributed by atoms with Crippen LogP contribution in [0.1, 0.15) is 13.8 Å². The molecule has 0 atom stereocenters. The van der Waals surface area contributed by atoms with E-state index in [0.29, 0.717) is 5.69 Å². The molecule has 0 heterocycles. The molecular weight excluding hydrogens is 239 g/mol. The van der Waals surface area contributed by atoms with E-state index >= 15 is 0 Å². The lowest BCUT2D eigenvalue weighted by molar-refractivity contribution is 0.187. The third-order valence-electron chi connectivity index (χ3n) is 2.26. The first-order valence-corrected chi connectivity index (χ1v) is 5.41. The standard InChI is InChI=1S/C12H17FN2O3/c1-12(2,7-16)15-11(17)14-9-5-4-8(13)6-10(9)18-3/h4-6,16H,7H2,1-3H3,(H2,14,15,17). The van der Waals surface area contributed by atoms with Crippen molar-refractivity contribution in [3.8, 4) is 5.75 Å². The van der Waals surface area contributed by atoms with Gasteiger partial charge in [0.1, 0.15) is 11.6 Å². The Bertz CT molecular complexity index is 435. The highest BCUT2D eigenvalue weighted by Gasteiger charge is 2.19. The zero-order valence-corrected chi connectivity index (χ0v) is 10.6. The highest BCUT2D eigenvalue weighted by Crippen LogP contribution is 2.24. The van der Waals surface area contributed by atoms with Gasteiger partial charge in [0.05, 0.1) is 24.9 Å². The molecule has 1 rings (SSSR count). The zero-order chi connectivity index (χ0) is 13.8. The van der Waals surface area contributed by atoms with E-state index < -0.39 is 17.4 Å². The Morgan fingerprint density at radius 2 is 2.17 bits per heavy atom. The predicted molar refractivity (Wildman–Crippen MR) is 66.3 cm³/mol. The van der Waals surface area contributed by atoms with E-state index in [1.165, 1.54) is 25.3 Å². The third kappa shape index (κ3) is 3.89. The van der Waals surface area contributed by atoms with Gasteiger partial charge in [-0.15, -0.1) is 0 Å². The number of carbonyl (C=O) groups is 1. The number of aliphatic hydroxyl groups excluding tert-OH is 1. The maximum absolute atomic E-state index is 13.0. The predicted octanol–water partition coefficient (Wildman–Crippen LogP) is 1.73. The zero-order valence-electron chi connectivity index (χ0n) is 10.6. The Morgan fingerprint density at radius 1 is 1.50 bits per heavy atom. The minimum Gasteiger partial charge on any atom is -0.494 e. The summed E-state index contributed by atoms with van der Waals surface area (Å²) < 4.78 is 17.9. The highest BCUT2D eigenvalue weighted by molar-refractivity contribution is 5.91. The van der Waals surface area contributed by atoms with E-state index in [4.69, 9.17) is 9.84 Å². The molecule has 0 aliphatic rings. The van der Waals surface area contributed by atoms with Crippen LogP contribution in [0.2, 0.25) is 0 Å². The van der Waals surface area contributed by atoms with E-state index in [2.05, 4.69) is 10.6 Å². The molecule has 6 heteroatoms. The maximum atomic E-state index is 13.0. The second kappa shape index (κ2) is 5.68. The van der Waals surface area contributed by atoms with Crippen molar-refractivity contribution >= 4 is 11.7 Å². The van der Waals surface area contributed by atoms with E-state index in [9.17, 15) is 9.18 Å². The van der Waals surface area contributed by atoms with Gasteiger partial charge in [-0.05, 0) is 26.0 Å². The van der Waals surface area contributed by atoms with Crippen LogP contribution in [0.15, 0.2) is 18.2 Å². The lowest BCUT2D eigenvalue weighted by atomic mass is 10.1. The van der Waals surface area contributed by atoms with Crippen molar-refractivity contribution in [3.63, 3.8) is 0 Å². The molecule has 0 aliphatic heterocycles. The number of benzene rings is 1. The summed E-state index contributed by atoms with van der Waals surface area (Å²) in [5, 5.41) is 14.1. The molecular formula is C12H17FN2O3. The maximum Gasteiger partial charge on any atom is 0.319 e. The third-order valence-corrected chi connectivity index (χ3v) is 2.26. The van der Waals surface area contributed by atoms with Crippen LogP contribution in [-0.4, -0.2) is 30.4 Å². The quantitative estimate of drug-likeness (QED) is 0.768. The minimum absolute atomic E-state index is 0.193. The average Bonchev–Trinajstić information content (AvgIpc) is 2.30. The van der Waals surface area contributed by atoms with Gasteiger partial charge in [-0.3, -0.25) is 0 Å². The number of ether oxygens (including phenoxy) is 1. The normalized spacial score (nSPS) is 10.9. The number of urea groups is 1. The van der Waals surface area contributed by atoms with Gasteiger partial charge in [-0.25, -0.2) is 9.18 Å². The van der Waals surface area contributed by atoms with Gasteiger partial charge in [0, 0.05) is 6.07 Å². The van der Waals surface area contributed by atoms with Gasteiger partial charge in [0.2, 0.25) is 0 Å². The second-order valence-electron chi connectivity index (χ2n) is 4.47. The van der Waals surface area contributed by atoms with Gasteiger partial charge in [-0.1, -0.05) is 0 Å². The summed E-state index contributed by atoms with van der Waals surface area (Å²) in [7, 11) is 1.38. The van der Waals surface area contributed by atoms with Gasteiger partial charge < -0.3 is 20.5 Å². The molecule has 5 nitrogen and oxygen atoms in total. The largest absolute Gasteiger partial charge is 0.494 e. The Morgan fingerprint density at radius 3 is 2.72 bits per heavy atom. The molecule has 0 fully saturated rings. The first-order chi connectivity index (χ1) is 8.38. The van der Waals surface area contributed by atoms with Crippen LogP contribution in [0.4, 0.5) is 14.9 Å². The smallest absolute Gasteiger partial charge is 0.319 e. The molecule has 0 saturated carbocycles. The molecule has 1 aromatic carbocycles. The van der Waals surface area contributed by atoms with Crippen molar-refractivity contribution in [2.75, 3.05) is 19.0 Å². The summed E-state index contributed by atoms with van der Waals surface area (Å²) in [6, 6.07) is 3.29. The second-order valence-corrected chi connectivity index (χ2v) is 4.47. The van der Waals surface area contributed by atoms with Crippen LogP contribution in [0.3, 0.4) is 0 Å². The summed E-state index contributed by atoms with van der Waals surface area (Å²) in [5.74, 6) is -0.222. The van der Waals surface area contributed by atoms with Crippen molar-refractivity contribution in [1.29, 1.82) is 0 Å². The number of amides is 2. The number of carbonyl (C=O) groups excluding carboxylic acids is 1. The number of hydrogen-bond donors (Lipinski definition) is 3. The van der Waals surface area contributed by atoms with Gasteiger partial charge >= 0.3 is 6.03 Å². The van der Waals surface area contributed by atoms with Crippen molar-refractivity contribution in [2.24, 2.45) is 0 Å². The summed E-state index contributed by atoms with van der Waals surface area (Å²) in [5.41, 5.74) is -0.387. The van der Waals surface area contributed by atoms with E-state index in [0.717, 1.165) is 0 Å². The number of methoxy groups -OCH3 is 1. The van der Waals surface area contributed by atoms with Crippen LogP contribution in [-0.2, 0) is 0 Å². The topological polar surface area (TPSA) is 70.6 Å². The van der Waals surface area contributed by atoms with Crippen LogP contribution >= 0.6 is 0 Å². The summed E-state index contributed by atoms with van der Waals surface area (Å²) in [4.78, 5) is 11.7. The fourth-order valence-electron chi connectivity index (χ4n) is 1.27. The first kappa shape index (κ1) is 14.2. The molecule has 1 aromatic rings. The number of nitrogens with one attached hydrogen (secondary N) is 2. The number of aliphatic hydroxyl groups is 1. The monoisotopic (exact) mass is 256 g/mol. The fraction of sp³-hybridized carbons (Fsp3) is 0.417. The molecule has 0 aromatic heterocycles. The van der Waals surface area contributed by atoms with Gasteiger partial charge in [0.15, 0.2) is 0 Å². The Balaban J connectivity index is 2.76. The summed E-state index contributed by atoms with van der Waals surface area (Å²) in [6.07, 6.45) is 0. The molecule has 0 saturated heterocycles. The molecule has 2 amide bonds. The Hall–Kier alpha value is -1.82. The summed E-state index contributed by atoms with van der Waals surface area (Å²) >= 11 is 0. The molecule has 0 radical (unpaired) electrons. The molecule has 3 N–H and O–H groups in total. The molecule has 18 heavy (non-hydrogen) atoms. The molecule has 100 valence electrons. The van der Waals surface area contributed by atoms with Crippen molar-refractivity contribution in [1.82, 2.24) is 5.32 Å². The number of rotatable bonds is 4. The van der Waals surface area contributed by atoms with Crippen LogP contribution in [0.25, 0.3) is 0 Å². The number of halogens is 1. The minimum atomic E-state index is -0.739. The van der Waals surface area contributed by atoms with Crippen molar-refractivity contribution < 1.29 is 19.0 Å². The number of anilines is 1. The van der Waals surface area contributed by atoms with Crippen LogP contribution in [0, 0.1) is 5.82 Å². The molecule has 0 unspecified atom stereocenters. The van der Waals surface area contributed by atoms with Crippen molar-refractivity contribution in [3.05, 3.63) is 24.0 Å². The number of hydrogen-bond acceptors (Lipinski definition) is 3. The van der Waals surface area contributed by atoms with Gasteiger partial charge in [-0.2, -0.15) is 0 Å². The Kier molecular flexibility index (Phi) is 4.49. The van der Waals surface area contributed by atoms with E-state index in [-0.39, 0.29) is 12.4 Å². The fourth-order valence-corrected chi connectivity index (χ4v) is 1.27. The van der Waals surface area contributed by atoms with E-state index in [1.807, 2.05) is 0 Å². The summed E-state index contributed by atoms with van der Waals surface area (Å²) in [6.45, 7) is 3.16. The molecule has 0 spiro atoms. The van der Waals surface area contributed by atoms with Crippen molar-refractivity contribution in [2.45, 2.75) is 19.4 Å². The van der Waals surface area contributed by atoms with Crippen LogP contribution in [0.5, 0.6) is 5.75 Å². The van der Waals surface area contributed by atoms with Gasteiger partial charge in [0.25, 0.3) is 0 Å². The molecule has 0 bridgehead atoms. The SMILES string of the molecule is COc1cc(F)ccc1NC(=O)NC(C)(C)CO. The molecule has 0 aliphatic carbocycles. The first-order valence-electron chi connectivity index (χ1n) is 5.41. The average molecular weight is 256 g/mol. The lowest BCUT2D eigenvalue weighted by Gasteiger charge is -2.23. The Labute approximate surface area is 105 Å².